The van der Waals surface area contributed by atoms with Crippen molar-refractivity contribution in [2.45, 2.75) is 45.6 Å². The van der Waals surface area contributed by atoms with Crippen LogP contribution in [0.2, 0.25) is 0 Å². The Bertz CT molecular complexity index is 1020. The molecule has 3 rings (SSSR count). The lowest BCUT2D eigenvalue weighted by Gasteiger charge is -2.26. The van der Waals surface area contributed by atoms with E-state index in [9.17, 15) is 14.7 Å². The summed E-state index contributed by atoms with van der Waals surface area (Å²) >= 11 is 0. The number of hydrogen-bond donors (Lipinski definition) is 1. The summed E-state index contributed by atoms with van der Waals surface area (Å²) in [6.07, 6.45) is 0.682. The van der Waals surface area contributed by atoms with Crippen molar-refractivity contribution in [3.8, 4) is 11.5 Å². The van der Waals surface area contributed by atoms with Crippen LogP contribution in [0.25, 0.3) is 5.76 Å². The number of amides is 1. The van der Waals surface area contributed by atoms with Gasteiger partial charge < -0.3 is 19.5 Å². The maximum atomic E-state index is 13.1. The zero-order chi connectivity index (χ0) is 23.6. The maximum Gasteiger partial charge on any atom is 0.295 e. The highest BCUT2D eigenvalue weighted by atomic mass is 16.5. The highest BCUT2D eigenvalue weighted by Crippen LogP contribution is 2.43. The standard InChI is InChI=1S/C26H31NO5/c1-7-15-27-22(16-11-13-17(14-12-16)26(2,3)4)21(24(29)25(27)30)23(28)20-18(31-5)9-8-10-19(20)32-6/h8-14,22,28H,7,15H2,1-6H3/b23-21+. The van der Waals surface area contributed by atoms with E-state index in [-0.39, 0.29) is 22.3 Å². The van der Waals surface area contributed by atoms with Gasteiger partial charge in [-0.25, -0.2) is 0 Å². The minimum absolute atomic E-state index is 0.0332. The topological polar surface area (TPSA) is 76.1 Å². The number of carbonyl (C=O) groups is 2. The SMILES string of the molecule is CCCN1C(=O)C(=O)/C(=C(/O)c2c(OC)cccc2OC)C1c1ccc(C(C)(C)C)cc1. The van der Waals surface area contributed by atoms with Crippen LogP contribution in [0, 0.1) is 0 Å². The van der Waals surface area contributed by atoms with Gasteiger partial charge in [-0.15, -0.1) is 0 Å². The molecule has 6 heteroatoms. The molecule has 0 spiro atoms. The molecular weight excluding hydrogens is 406 g/mol. The van der Waals surface area contributed by atoms with Gasteiger partial charge in [-0.1, -0.05) is 58.0 Å². The van der Waals surface area contributed by atoms with Gasteiger partial charge in [0.1, 0.15) is 22.8 Å². The quantitative estimate of drug-likeness (QED) is 0.398. The molecular formula is C26H31NO5. The summed E-state index contributed by atoms with van der Waals surface area (Å²) in [6.45, 7) is 8.72. The molecule has 2 aromatic carbocycles. The van der Waals surface area contributed by atoms with Crippen molar-refractivity contribution in [1.82, 2.24) is 4.90 Å². The molecule has 1 atom stereocenters. The maximum absolute atomic E-state index is 13.1. The van der Waals surface area contributed by atoms with Gasteiger partial charge >= 0.3 is 0 Å². The second kappa shape index (κ2) is 9.07. The second-order valence-electron chi connectivity index (χ2n) is 8.90. The largest absolute Gasteiger partial charge is 0.506 e. The Balaban J connectivity index is 2.25. The molecule has 0 bridgehead atoms. The predicted molar refractivity (Wildman–Crippen MR) is 124 cm³/mol. The lowest BCUT2D eigenvalue weighted by atomic mass is 9.85. The first-order valence-electron chi connectivity index (χ1n) is 10.8. The minimum Gasteiger partial charge on any atom is -0.506 e. The third-order valence-electron chi connectivity index (χ3n) is 5.76. The fourth-order valence-corrected chi connectivity index (χ4v) is 4.08. The highest BCUT2D eigenvalue weighted by Gasteiger charge is 2.46. The van der Waals surface area contributed by atoms with Crippen LogP contribution in [-0.4, -0.2) is 42.5 Å². The Morgan fingerprint density at radius 3 is 2.03 bits per heavy atom. The number of likely N-dealkylation sites (tertiary alicyclic amines) is 1. The van der Waals surface area contributed by atoms with E-state index in [2.05, 4.69) is 20.8 Å². The third kappa shape index (κ3) is 4.09. The average molecular weight is 438 g/mol. The van der Waals surface area contributed by atoms with Crippen molar-refractivity contribution in [3.63, 3.8) is 0 Å². The van der Waals surface area contributed by atoms with Gasteiger partial charge in [0.05, 0.1) is 25.8 Å². The molecule has 1 amide bonds. The lowest BCUT2D eigenvalue weighted by Crippen LogP contribution is -2.30. The third-order valence-corrected chi connectivity index (χ3v) is 5.76. The van der Waals surface area contributed by atoms with Crippen LogP contribution in [0.3, 0.4) is 0 Å². The normalized spacial score (nSPS) is 18.2. The Labute approximate surface area is 189 Å². The number of Topliss-reactive ketones (excluding diaryl/α,β-unsaturated/α-hetero) is 1. The molecule has 0 saturated carbocycles. The molecule has 1 heterocycles. The van der Waals surface area contributed by atoms with Crippen molar-refractivity contribution < 1.29 is 24.2 Å². The molecule has 0 aliphatic carbocycles. The van der Waals surface area contributed by atoms with Crippen molar-refractivity contribution in [2.75, 3.05) is 20.8 Å². The molecule has 1 N–H and O–H groups in total. The van der Waals surface area contributed by atoms with Crippen LogP contribution < -0.4 is 9.47 Å². The summed E-state index contributed by atoms with van der Waals surface area (Å²) in [4.78, 5) is 27.6. The van der Waals surface area contributed by atoms with Crippen LogP contribution >= 0.6 is 0 Å². The zero-order valence-electron chi connectivity index (χ0n) is 19.6. The van der Waals surface area contributed by atoms with E-state index in [4.69, 9.17) is 9.47 Å². The van der Waals surface area contributed by atoms with Crippen molar-refractivity contribution in [1.29, 1.82) is 0 Å². The van der Waals surface area contributed by atoms with Gasteiger partial charge in [0.15, 0.2) is 0 Å². The van der Waals surface area contributed by atoms with Crippen molar-refractivity contribution >= 4 is 17.4 Å². The van der Waals surface area contributed by atoms with Crippen LogP contribution in [0.5, 0.6) is 11.5 Å². The number of aliphatic hydroxyl groups is 1. The van der Waals surface area contributed by atoms with Gasteiger partial charge in [-0.3, -0.25) is 9.59 Å². The number of benzene rings is 2. The zero-order valence-corrected chi connectivity index (χ0v) is 19.6. The van der Waals surface area contributed by atoms with Gasteiger partial charge in [0, 0.05) is 6.54 Å². The lowest BCUT2D eigenvalue weighted by molar-refractivity contribution is -0.139. The number of ketones is 1. The fraction of sp³-hybridized carbons (Fsp3) is 0.385. The minimum atomic E-state index is -0.714. The Hall–Kier alpha value is -3.28. The number of hydrogen-bond acceptors (Lipinski definition) is 5. The summed E-state index contributed by atoms with van der Waals surface area (Å²) in [5.41, 5.74) is 2.16. The Kier molecular flexibility index (Phi) is 6.63. The smallest absolute Gasteiger partial charge is 0.295 e. The monoisotopic (exact) mass is 437 g/mol. The summed E-state index contributed by atoms with van der Waals surface area (Å²) in [6, 6.07) is 12.2. The van der Waals surface area contributed by atoms with E-state index >= 15 is 0 Å². The number of methoxy groups -OCH3 is 2. The number of nitrogens with zero attached hydrogens (tertiary/aromatic N) is 1. The van der Waals surface area contributed by atoms with Crippen molar-refractivity contribution in [2.24, 2.45) is 0 Å². The van der Waals surface area contributed by atoms with E-state index in [1.54, 1.807) is 18.2 Å². The summed E-state index contributed by atoms with van der Waals surface area (Å²) in [5, 5.41) is 11.4. The van der Waals surface area contributed by atoms with Gasteiger partial charge in [0.2, 0.25) is 0 Å². The molecule has 32 heavy (non-hydrogen) atoms. The number of aliphatic hydroxyl groups excluding tert-OH is 1. The molecule has 0 aromatic heterocycles. The highest BCUT2D eigenvalue weighted by molar-refractivity contribution is 6.46. The Morgan fingerprint density at radius 2 is 1.56 bits per heavy atom. The van der Waals surface area contributed by atoms with Crippen LogP contribution in [0.4, 0.5) is 0 Å². The van der Waals surface area contributed by atoms with Gasteiger partial charge in [-0.05, 0) is 35.1 Å². The second-order valence-corrected chi connectivity index (χ2v) is 8.90. The summed E-state index contributed by atoms with van der Waals surface area (Å²) < 4.78 is 10.8. The van der Waals surface area contributed by atoms with Gasteiger partial charge in [0.25, 0.3) is 11.7 Å². The van der Waals surface area contributed by atoms with Crippen LogP contribution in [0.1, 0.15) is 56.8 Å². The first kappa shape index (κ1) is 23.4. The van der Waals surface area contributed by atoms with Crippen LogP contribution in [0.15, 0.2) is 48.0 Å². The first-order chi connectivity index (χ1) is 15.1. The molecule has 1 fully saturated rings. The average Bonchev–Trinajstić information content (AvgIpc) is 3.02. The van der Waals surface area contributed by atoms with E-state index in [0.717, 1.165) is 11.1 Å². The van der Waals surface area contributed by atoms with E-state index in [1.807, 2.05) is 31.2 Å². The Morgan fingerprint density at radius 1 is 1.00 bits per heavy atom. The van der Waals surface area contributed by atoms with E-state index in [0.29, 0.717) is 24.5 Å². The van der Waals surface area contributed by atoms with Crippen LogP contribution in [-0.2, 0) is 15.0 Å². The van der Waals surface area contributed by atoms with E-state index < -0.39 is 17.7 Å². The summed E-state index contributed by atoms with van der Waals surface area (Å²) in [5.74, 6) is -0.933. The molecule has 1 unspecified atom stereocenters. The molecule has 6 nitrogen and oxygen atoms in total. The van der Waals surface area contributed by atoms with Crippen molar-refractivity contribution in [3.05, 3.63) is 64.7 Å². The number of carbonyl (C=O) groups excluding carboxylic acids is 2. The first-order valence-corrected chi connectivity index (χ1v) is 10.8. The molecule has 0 radical (unpaired) electrons. The van der Waals surface area contributed by atoms with Gasteiger partial charge in [-0.2, -0.15) is 0 Å². The predicted octanol–water partition coefficient (Wildman–Crippen LogP) is 4.83. The molecule has 1 saturated heterocycles. The number of rotatable bonds is 6. The molecule has 1 aliphatic heterocycles. The number of ether oxygens (including phenoxy) is 2. The fourth-order valence-electron chi connectivity index (χ4n) is 4.08. The summed E-state index contributed by atoms with van der Waals surface area (Å²) in [7, 11) is 2.95. The molecule has 1 aliphatic rings. The molecule has 2 aromatic rings. The molecule has 170 valence electrons. The van der Waals surface area contributed by atoms with E-state index in [1.165, 1.54) is 19.1 Å².